The summed E-state index contributed by atoms with van der Waals surface area (Å²) in [5.41, 5.74) is 0.182. The van der Waals surface area contributed by atoms with Gasteiger partial charge in [-0.15, -0.1) is 0 Å². The quantitative estimate of drug-likeness (QED) is 0.742. The lowest BCUT2D eigenvalue weighted by Crippen LogP contribution is -2.50. The van der Waals surface area contributed by atoms with Crippen LogP contribution in [0.2, 0.25) is 0 Å². The number of carbonyl (C=O) groups excluding carboxylic acids is 2. The summed E-state index contributed by atoms with van der Waals surface area (Å²) in [6.45, 7) is 2.34. The number of fused-ring (bicyclic) bond motifs is 1. The van der Waals surface area contributed by atoms with Gasteiger partial charge in [-0.25, -0.2) is 4.63 Å². The van der Waals surface area contributed by atoms with Crippen molar-refractivity contribution in [3.8, 4) is 0 Å². The Labute approximate surface area is 162 Å². The first-order chi connectivity index (χ1) is 13.1. The normalized spacial score (nSPS) is 30.2. The highest BCUT2D eigenvalue weighted by molar-refractivity contribution is 7.99. The maximum absolute atomic E-state index is 12.4. The van der Waals surface area contributed by atoms with E-state index in [0.717, 1.165) is 32.5 Å². The van der Waals surface area contributed by atoms with Gasteiger partial charge in [0.25, 0.3) is 5.91 Å². The molecule has 2 amide bonds. The van der Waals surface area contributed by atoms with Crippen LogP contribution in [0.5, 0.6) is 0 Å². The minimum Gasteiger partial charge on any atom is -0.376 e. The van der Waals surface area contributed by atoms with E-state index in [1.165, 1.54) is 19.0 Å². The molecular formula is C18H26N4O4S. The molecule has 0 radical (unpaired) electrons. The lowest BCUT2D eigenvalue weighted by atomic mass is 9.77. The molecule has 9 heteroatoms. The summed E-state index contributed by atoms with van der Waals surface area (Å²) in [4.78, 5) is 26.7. The van der Waals surface area contributed by atoms with Gasteiger partial charge in [-0.05, 0) is 54.8 Å². The summed E-state index contributed by atoms with van der Waals surface area (Å²) in [6.07, 6.45) is 7.41. The number of nitrogens with one attached hydrogen (secondary N) is 1. The fourth-order valence-corrected chi connectivity index (χ4v) is 4.65. The average Bonchev–Trinajstić information content (AvgIpc) is 3.15. The van der Waals surface area contributed by atoms with Crippen LogP contribution >= 0.6 is 11.8 Å². The van der Waals surface area contributed by atoms with Crippen LogP contribution < -0.4 is 5.32 Å². The second-order valence-corrected chi connectivity index (χ2v) is 8.78. The second kappa shape index (κ2) is 8.18. The maximum Gasteiger partial charge on any atom is 0.275 e. The first kappa shape index (κ1) is 18.7. The molecular weight excluding hydrogens is 368 g/mol. The van der Waals surface area contributed by atoms with Crippen molar-refractivity contribution in [2.45, 2.75) is 37.8 Å². The van der Waals surface area contributed by atoms with E-state index in [2.05, 4.69) is 20.3 Å². The van der Waals surface area contributed by atoms with Gasteiger partial charge in [-0.1, -0.05) is 5.16 Å². The molecule has 0 spiro atoms. The van der Waals surface area contributed by atoms with E-state index >= 15 is 0 Å². The van der Waals surface area contributed by atoms with E-state index in [1.807, 2.05) is 11.2 Å². The van der Waals surface area contributed by atoms with Crippen molar-refractivity contribution >= 4 is 23.6 Å². The highest BCUT2D eigenvalue weighted by atomic mass is 32.2. The summed E-state index contributed by atoms with van der Waals surface area (Å²) in [7, 11) is 0. The van der Waals surface area contributed by atoms with Crippen LogP contribution in [-0.4, -0.2) is 70.9 Å². The molecule has 4 rings (SSSR count). The first-order valence-corrected chi connectivity index (χ1v) is 11.0. The summed E-state index contributed by atoms with van der Waals surface area (Å²) < 4.78 is 10.7. The van der Waals surface area contributed by atoms with E-state index in [-0.39, 0.29) is 29.7 Å². The molecule has 2 aliphatic carbocycles. The standard InChI is InChI=1S/C18H26N4O4S/c1-27-10-17(23)22-7-12-4-14(20-18(24)15-6-19-26-21-15)16(5-13(12)8-22)25-9-11-2-3-11/h6,11-14,16H,2-5,7-10H2,1H3,(H,20,24)/t12-,13+,14-,16-/m0/s1. The number of carbonyl (C=O) groups is 2. The van der Waals surface area contributed by atoms with Crippen LogP contribution in [0.4, 0.5) is 0 Å². The Balaban J connectivity index is 1.41. The zero-order valence-electron chi connectivity index (χ0n) is 15.5. The third-order valence-electron chi connectivity index (χ3n) is 5.89. The number of hydrogen-bond donors (Lipinski definition) is 1. The van der Waals surface area contributed by atoms with Crippen LogP contribution in [0.15, 0.2) is 10.8 Å². The minimum atomic E-state index is -0.284. The van der Waals surface area contributed by atoms with Gasteiger partial charge < -0.3 is 15.0 Å². The summed E-state index contributed by atoms with van der Waals surface area (Å²) in [5.74, 6) is 1.97. The van der Waals surface area contributed by atoms with Crippen molar-refractivity contribution in [3.63, 3.8) is 0 Å². The second-order valence-electron chi connectivity index (χ2n) is 7.91. The van der Waals surface area contributed by atoms with Gasteiger partial charge in [0.05, 0.1) is 17.9 Å². The molecule has 148 valence electrons. The first-order valence-electron chi connectivity index (χ1n) is 9.60. The summed E-state index contributed by atoms with van der Waals surface area (Å²) in [6, 6.07) is -0.0789. The highest BCUT2D eigenvalue weighted by Crippen LogP contribution is 2.39. The smallest absolute Gasteiger partial charge is 0.275 e. The molecule has 8 nitrogen and oxygen atoms in total. The molecule has 1 N–H and O–H groups in total. The molecule has 1 saturated heterocycles. The molecule has 3 aliphatic rings. The van der Waals surface area contributed by atoms with Gasteiger partial charge in [0.2, 0.25) is 5.91 Å². The topological polar surface area (TPSA) is 97.6 Å². The Morgan fingerprint density at radius 2 is 2.11 bits per heavy atom. The van der Waals surface area contributed by atoms with Crippen LogP contribution in [0.3, 0.4) is 0 Å². The number of likely N-dealkylation sites (tertiary alicyclic amines) is 1. The third-order valence-corrected chi connectivity index (χ3v) is 6.43. The fourth-order valence-electron chi connectivity index (χ4n) is 4.22. The number of hydrogen-bond acceptors (Lipinski definition) is 7. The molecule has 27 heavy (non-hydrogen) atoms. The van der Waals surface area contributed by atoms with Crippen molar-refractivity contribution in [1.82, 2.24) is 20.5 Å². The Kier molecular flexibility index (Phi) is 5.68. The van der Waals surface area contributed by atoms with E-state index in [4.69, 9.17) is 4.74 Å². The van der Waals surface area contributed by atoms with Crippen molar-refractivity contribution in [2.24, 2.45) is 17.8 Å². The molecule has 0 unspecified atom stereocenters. The van der Waals surface area contributed by atoms with Gasteiger partial charge in [-0.2, -0.15) is 11.8 Å². The van der Waals surface area contributed by atoms with Crippen LogP contribution in [0.1, 0.15) is 36.2 Å². The van der Waals surface area contributed by atoms with Gasteiger partial charge >= 0.3 is 0 Å². The number of nitrogens with zero attached hydrogens (tertiary/aromatic N) is 3. The van der Waals surface area contributed by atoms with Crippen molar-refractivity contribution < 1.29 is 19.0 Å². The van der Waals surface area contributed by atoms with Crippen molar-refractivity contribution in [1.29, 1.82) is 0 Å². The molecule has 0 bridgehead atoms. The predicted molar refractivity (Wildman–Crippen MR) is 99.2 cm³/mol. The van der Waals surface area contributed by atoms with Crippen molar-refractivity contribution in [2.75, 3.05) is 31.7 Å². The molecule has 2 saturated carbocycles. The maximum atomic E-state index is 12.4. The Hall–Kier alpha value is -1.61. The van der Waals surface area contributed by atoms with E-state index in [9.17, 15) is 9.59 Å². The lowest BCUT2D eigenvalue weighted by molar-refractivity contribution is -0.127. The fraction of sp³-hybridized carbons (Fsp3) is 0.778. The molecule has 2 heterocycles. The monoisotopic (exact) mass is 394 g/mol. The molecule has 1 aromatic rings. The molecule has 1 aromatic heterocycles. The number of aromatic nitrogens is 2. The van der Waals surface area contributed by atoms with Gasteiger partial charge in [0.15, 0.2) is 5.69 Å². The number of amides is 2. The molecule has 4 atom stereocenters. The molecule has 0 aromatic carbocycles. The van der Waals surface area contributed by atoms with E-state index in [1.54, 1.807) is 11.8 Å². The summed E-state index contributed by atoms with van der Waals surface area (Å²) in [5, 5.41) is 10.2. The Morgan fingerprint density at radius 3 is 2.78 bits per heavy atom. The predicted octanol–water partition coefficient (Wildman–Crippen LogP) is 1.19. The molecule has 3 fully saturated rings. The average molecular weight is 394 g/mol. The number of thioether (sulfide) groups is 1. The summed E-state index contributed by atoms with van der Waals surface area (Å²) >= 11 is 1.56. The lowest BCUT2D eigenvalue weighted by Gasteiger charge is -2.38. The van der Waals surface area contributed by atoms with Crippen LogP contribution in [-0.2, 0) is 9.53 Å². The van der Waals surface area contributed by atoms with E-state index < -0.39 is 0 Å². The SMILES string of the molecule is CSCC(=O)N1C[C@H]2C[C@H](OCC3CC3)[C@@H](NC(=O)c3cnon3)C[C@H]2C1. The van der Waals surface area contributed by atoms with Gasteiger partial charge in [-0.3, -0.25) is 9.59 Å². The minimum absolute atomic E-state index is 0.0220. The van der Waals surface area contributed by atoms with Crippen molar-refractivity contribution in [3.05, 3.63) is 11.9 Å². The Morgan fingerprint density at radius 1 is 1.33 bits per heavy atom. The van der Waals surface area contributed by atoms with Gasteiger partial charge in [0.1, 0.15) is 6.20 Å². The zero-order valence-corrected chi connectivity index (χ0v) is 16.3. The molecule has 1 aliphatic heterocycles. The highest BCUT2D eigenvalue weighted by Gasteiger charge is 2.44. The Bertz CT molecular complexity index is 666. The number of ether oxygens (including phenoxy) is 1. The largest absolute Gasteiger partial charge is 0.376 e. The third kappa shape index (κ3) is 4.45. The number of rotatable bonds is 7. The van der Waals surface area contributed by atoms with Crippen LogP contribution in [0, 0.1) is 17.8 Å². The van der Waals surface area contributed by atoms with Gasteiger partial charge in [0, 0.05) is 19.7 Å². The van der Waals surface area contributed by atoms with E-state index in [0.29, 0.717) is 23.5 Å². The zero-order chi connectivity index (χ0) is 18.8. The van der Waals surface area contributed by atoms with Crippen LogP contribution in [0.25, 0.3) is 0 Å².